The van der Waals surface area contributed by atoms with Gasteiger partial charge in [-0.05, 0) is 12.1 Å². The van der Waals surface area contributed by atoms with Gasteiger partial charge in [-0.25, -0.2) is 0 Å². The Morgan fingerprint density at radius 2 is 2.00 bits per heavy atom. The Hall–Kier alpha value is -1.47. The lowest BCUT2D eigenvalue weighted by atomic mass is 10.00. The Bertz CT molecular complexity index is 407. The number of nitrogens with two attached hydrogens (primary N) is 1. The smallest absolute Gasteiger partial charge is 0.416 e. The number of halogens is 3. The van der Waals surface area contributed by atoms with Gasteiger partial charge in [-0.3, -0.25) is 0 Å². The zero-order valence-electron chi connectivity index (χ0n) is 8.95. The first kappa shape index (κ1) is 13.6. The molecule has 1 rings (SSSR count). The number of hydrogen-bond acceptors (Lipinski definition) is 4. The second kappa shape index (κ2) is 4.80. The average Bonchev–Trinajstić information content (AvgIpc) is 2.26. The number of aliphatic hydroxyl groups excluding tert-OH is 1. The predicted molar refractivity (Wildman–Crippen MR) is 53.7 cm³/mol. The molecule has 0 aliphatic rings. The third kappa shape index (κ3) is 2.62. The summed E-state index contributed by atoms with van der Waals surface area (Å²) in [6, 6.07) is 1.71. The van der Waals surface area contributed by atoms with Crippen LogP contribution in [0.4, 0.5) is 13.2 Å². The second-order valence-corrected chi connectivity index (χ2v) is 3.33. The van der Waals surface area contributed by atoms with Gasteiger partial charge in [0.2, 0.25) is 0 Å². The van der Waals surface area contributed by atoms with Gasteiger partial charge in [-0.15, -0.1) is 0 Å². The third-order valence-corrected chi connectivity index (χ3v) is 2.26. The van der Waals surface area contributed by atoms with Crippen LogP contribution in [0.25, 0.3) is 0 Å². The molecule has 4 N–H and O–H groups in total. The molecule has 0 aromatic heterocycles. The number of rotatable bonds is 3. The van der Waals surface area contributed by atoms with Crippen molar-refractivity contribution in [1.29, 1.82) is 0 Å². The molecule has 1 aromatic carbocycles. The van der Waals surface area contributed by atoms with Gasteiger partial charge in [0, 0.05) is 12.1 Å². The number of phenols is 1. The number of aliphatic hydroxyl groups is 1. The minimum atomic E-state index is -4.69. The van der Waals surface area contributed by atoms with Crippen LogP contribution >= 0.6 is 0 Å². The molecule has 1 unspecified atom stereocenters. The fourth-order valence-electron chi connectivity index (χ4n) is 1.46. The fraction of sp³-hybridized carbons (Fsp3) is 0.400. The van der Waals surface area contributed by atoms with Crippen LogP contribution in [0.5, 0.6) is 11.5 Å². The van der Waals surface area contributed by atoms with E-state index >= 15 is 0 Å². The Balaban J connectivity index is 3.47. The van der Waals surface area contributed by atoms with Crippen LogP contribution < -0.4 is 10.5 Å². The maximum absolute atomic E-state index is 12.7. The molecule has 1 atom stereocenters. The first-order chi connectivity index (χ1) is 7.82. The Morgan fingerprint density at radius 3 is 2.41 bits per heavy atom. The number of benzene rings is 1. The largest absolute Gasteiger partial charge is 0.504 e. The van der Waals surface area contributed by atoms with Crippen molar-refractivity contribution in [3.8, 4) is 11.5 Å². The molecule has 7 heteroatoms. The summed E-state index contributed by atoms with van der Waals surface area (Å²) in [5, 5.41) is 19.0. The number of aromatic hydroxyl groups is 1. The van der Waals surface area contributed by atoms with Crippen molar-refractivity contribution < 1.29 is 28.1 Å². The van der Waals surface area contributed by atoms with Crippen molar-refractivity contribution in [3.05, 3.63) is 23.3 Å². The Labute approximate surface area is 95.4 Å². The van der Waals surface area contributed by atoms with E-state index in [2.05, 4.69) is 4.74 Å². The molecule has 0 fully saturated rings. The second-order valence-electron chi connectivity index (χ2n) is 3.33. The lowest BCUT2D eigenvalue weighted by Gasteiger charge is -2.19. The lowest BCUT2D eigenvalue weighted by molar-refractivity contribution is -0.139. The highest BCUT2D eigenvalue weighted by molar-refractivity contribution is 5.52. The van der Waals surface area contributed by atoms with Gasteiger partial charge in [0.1, 0.15) is 0 Å². The first-order valence-corrected chi connectivity index (χ1v) is 4.68. The van der Waals surface area contributed by atoms with Gasteiger partial charge in [-0.1, -0.05) is 0 Å². The van der Waals surface area contributed by atoms with E-state index < -0.39 is 35.7 Å². The third-order valence-electron chi connectivity index (χ3n) is 2.26. The number of alkyl halides is 3. The SMILES string of the molecule is COc1ccc(C(F)(F)F)c(C(O)CN)c1O. The monoisotopic (exact) mass is 251 g/mol. The van der Waals surface area contributed by atoms with Gasteiger partial charge in [0.25, 0.3) is 0 Å². The van der Waals surface area contributed by atoms with Crippen LogP contribution in [0.15, 0.2) is 12.1 Å². The van der Waals surface area contributed by atoms with Gasteiger partial charge in [0.15, 0.2) is 11.5 Å². The summed E-state index contributed by atoms with van der Waals surface area (Å²) in [6.45, 7) is -0.441. The molecule has 0 heterocycles. The molecule has 0 saturated carbocycles. The molecule has 0 spiro atoms. The molecule has 4 nitrogen and oxygen atoms in total. The van der Waals surface area contributed by atoms with Crippen LogP contribution in [-0.4, -0.2) is 23.9 Å². The van der Waals surface area contributed by atoms with Crippen LogP contribution in [0, 0.1) is 0 Å². The fourth-order valence-corrected chi connectivity index (χ4v) is 1.46. The maximum Gasteiger partial charge on any atom is 0.416 e. The minimum Gasteiger partial charge on any atom is -0.504 e. The molecule has 0 saturated heterocycles. The number of hydrogen-bond donors (Lipinski definition) is 3. The van der Waals surface area contributed by atoms with E-state index in [1.54, 1.807) is 0 Å². The zero-order valence-corrected chi connectivity index (χ0v) is 8.95. The summed E-state index contributed by atoms with van der Waals surface area (Å²) >= 11 is 0. The Kier molecular flexibility index (Phi) is 3.84. The molecule has 1 aromatic rings. The van der Waals surface area contributed by atoms with E-state index in [4.69, 9.17) is 5.73 Å². The summed E-state index contributed by atoms with van der Waals surface area (Å²) in [6.07, 6.45) is -6.29. The molecule has 0 aliphatic carbocycles. The average molecular weight is 251 g/mol. The molecule has 17 heavy (non-hydrogen) atoms. The van der Waals surface area contributed by atoms with Gasteiger partial charge in [-0.2, -0.15) is 13.2 Å². The summed E-state index contributed by atoms with van der Waals surface area (Å²) in [7, 11) is 1.20. The summed E-state index contributed by atoms with van der Waals surface area (Å²) < 4.78 is 42.6. The minimum absolute atomic E-state index is 0.152. The van der Waals surface area contributed by atoms with Gasteiger partial charge < -0.3 is 20.7 Å². The molecular weight excluding hydrogens is 239 g/mol. The normalized spacial score (nSPS) is 13.5. The highest BCUT2D eigenvalue weighted by atomic mass is 19.4. The zero-order chi connectivity index (χ0) is 13.2. The topological polar surface area (TPSA) is 75.7 Å². The standard InChI is InChI=1S/C10H12F3NO3/c1-17-7-3-2-5(10(11,12)13)8(9(7)16)6(15)4-14/h2-3,6,15-16H,4,14H2,1H3. The van der Waals surface area contributed by atoms with Gasteiger partial charge >= 0.3 is 6.18 Å². The predicted octanol–water partition coefficient (Wildman–Crippen LogP) is 1.41. The van der Waals surface area contributed by atoms with Crippen LogP contribution in [0.2, 0.25) is 0 Å². The highest BCUT2D eigenvalue weighted by Gasteiger charge is 2.37. The van der Waals surface area contributed by atoms with Crippen molar-refractivity contribution in [2.24, 2.45) is 5.73 Å². The summed E-state index contributed by atoms with van der Waals surface area (Å²) in [5.74, 6) is -0.902. The van der Waals surface area contributed by atoms with E-state index in [0.29, 0.717) is 0 Å². The highest BCUT2D eigenvalue weighted by Crippen LogP contribution is 2.42. The van der Waals surface area contributed by atoms with E-state index in [-0.39, 0.29) is 5.75 Å². The number of ether oxygens (including phenoxy) is 1. The molecule has 0 amide bonds. The maximum atomic E-state index is 12.7. The summed E-state index contributed by atoms with van der Waals surface area (Å²) in [4.78, 5) is 0. The van der Waals surface area contributed by atoms with Crippen molar-refractivity contribution in [3.63, 3.8) is 0 Å². The number of methoxy groups -OCH3 is 1. The Morgan fingerprint density at radius 1 is 1.41 bits per heavy atom. The van der Waals surface area contributed by atoms with Crippen LogP contribution in [-0.2, 0) is 6.18 Å². The number of phenolic OH excluding ortho intramolecular Hbond substituents is 1. The van der Waals surface area contributed by atoms with Crippen molar-refractivity contribution >= 4 is 0 Å². The lowest BCUT2D eigenvalue weighted by Crippen LogP contribution is -2.18. The summed E-state index contributed by atoms with van der Waals surface area (Å²) in [5.41, 5.74) is 3.31. The van der Waals surface area contributed by atoms with E-state index in [1.807, 2.05) is 0 Å². The van der Waals surface area contributed by atoms with E-state index in [9.17, 15) is 23.4 Å². The van der Waals surface area contributed by atoms with Crippen molar-refractivity contribution in [2.75, 3.05) is 13.7 Å². The van der Waals surface area contributed by atoms with Crippen LogP contribution in [0.1, 0.15) is 17.2 Å². The molecule has 0 radical (unpaired) electrons. The molecule has 0 aliphatic heterocycles. The molecular formula is C10H12F3NO3. The van der Waals surface area contributed by atoms with Crippen molar-refractivity contribution in [1.82, 2.24) is 0 Å². The van der Waals surface area contributed by atoms with Gasteiger partial charge in [0.05, 0.1) is 18.8 Å². The molecule has 96 valence electrons. The first-order valence-electron chi connectivity index (χ1n) is 4.68. The van der Waals surface area contributed by atoms with E-state index in [0.717, 1.165) is 12.1 Å². The molecule has 0 bridgehead atoms. The van der Waals surface area contributed by atoms with Crippen LogP contribution in [0.3, 0.4) is 0 Å². The van der Waals surface area contributed by atoms with E-state index in [1.165, 1.54) is 7.11 Å². The quantitative estimate of drug-likeness (QED) is 0.759. The van der Waals surface area contributed by atoms with Crippen molar-refractivity contribution in [2.45, 2.75) is 12.3 Å².